The Morgan fingerprint density at radius 1 is 0.548 bits per heavy atom. The Balaban J connectivity index is 1.89. The molecule has 0 atom stereocenters. The zero-order chi connectivity index (χ0) is 22.4. The molecule has 0 bridgehead atoms. The molecule has 0 unspecified atom stereocenters. The highest BCUT2D eigenvalue weighted by Gasteiger charge is 2.14. The lowest BCUT2D eigenvalue weighted by Crippen LogP contribution is -2.37. The number of aromatic nitrogens is 2. The average Bonchev–Trinajstić information content (AvgIpc) is 3.17. The summed E-state index contributed by atoms with van der Waals surface area (Å²) >= 11 is 0. The minimum absolute atomic E-state index is 1.15. The van der Waals surface area contributed by atoms with Crippen LogP contribution in [0.25, 0.3) is 0 Å². The first-order valence-corrected chi connectivity index (χ1v) is 14.4. The van der Waals surface area contributed by atoms with Gasteiger partial charge in [-0.1, -0.05) is 124 Å². The molecule has 1 heterocycles. The molecule has 31 heavy (non-hydrogen) atoms. The maximum Gasteiger partial charge on any atom is 0.256 e. The van der Waals surface area contributed by atoms with E-state index in [1.54, 1.807) is 0 Å². The number of hydrogen-bond acceptors (Lipinski definition) is 0. The molecule has 1 aromatic heterocycles. The van der Waals surface area contributed by atoms with Crippen molar-refractivity contribution < 1.29 is 4.57 Å². The van der Waals surface area contributed by atoms with Crippen molar-refractivity contribution in [3.63, 3.8) is 0 Å². The Labute approximate surface area is 196 Å². The average molecular weight is 434 g/mol. The van der Waals surface area contributed by atoms with Crippen molar-refractivity contribution in [2.45, 2.75) is 169 Å². The number of unbranched alkanes of at least 4 members (excludes halogenated alkanes) is 18. The number of aryl methyl sites for hydroxylation is 2. The summed E-state index contributed by atoms with van der Waals surface area (Å²) in [6, 6.07) is 0. The van der Waals surface area contributed by atoms with Crippen LogP contribution >= 0.6 is 0 Å². The Hall–Kier alpha value is -0.790. The highest BCUT2D eigenvalue weighted by Crippen LogP contribution is 2.14. The van der Waals surface area contributed by atoms with E-state index in [1.165, 1.54) is 147 Å². The van der Waals surface area contributed by atoms with Gasteiger partial charge in [-0.3, -0.25) is 0 Å². The molecule has 2 nitrogen and oxygen atoms in total. The molecule has 0 aromatic carbocycles. The zero-order valence-corrected chi connectivity index (χ0v) is 21.8. The lowest BCUT2D eigenvalue weighted by atomic mass is 10.0. The van der Waals surface area contributed by atoms with Crippen molar-refractivity contribution in [2.24, 2.45) is 0 Å². The van der Waals surface area contributed by atoms with E-state index < -0.39 is 0 Å². The smallest absolute Gasteiger partial charge is 0.234 e. The maximum absolute atomic E-state index is 2.51. The SMILES string of the molecule is CCCCCCCCCCCCCCCCCCCn1cc[n+](CCCCC)c1CC. The highest BCUT2D eigenvalue weighted by atomic mass is 15.1. The Morgan fingerprint density at radius 3 is 1.42 bits per heavy atom. The normalized spacial score (nSPS) is 11.5. The van der Waals surface area contributed by atoms with Gasteiger partial charge in [0.25, 0.3) is 5.82 Å². The first-order chi connectivity index (χ1) is 15.3. The van der Waals surface area contributed by atoms with Crippen LogP contribution in [0.3, 0.4) is 0 Å². The Morgan fingerprint density at radius 2 is 0.968 bits per heavy atom. The summed E-state index contributed by atoms with van der Waals surface area (Å²) in [6.45, 7) is 9.30. The fraction of sp³-hybridized carbons (Fsp3) is 0.897. The van der Waals surface area contributed by atoms with E-state index in [0.29, 0.717) is 0 Å². The van der Waals surface area contributed by atoms with Crippen LogP contribution in [0.5, 0.6) is 0 Å². The molecular formula is C29H57N2+. The van der Waals surface area contributed by atoms with Crippen LogP contribution in [0, 0.1) is 0 Å². The molecule has 0 radical (unpaired) electrons. The summed E-state index contributed by atoms with van der Waals surface area (Å²) in [5.41, 5.74) is 0. The molecule has 0 saturated carbocycles. The van der Waals surface area contributed by atoms with Gasteiger partial charge >= 0.3 is 0 Å². The highest BCUT2D eigenvalue weighted by molar-refractivity contribution is 4.83. The second kappa shape index (κ2) is 21.1. The van der Waals surface area contributed by atoms with Crippen LogP contribution in [0.4, 0.5) is 0 Å². The van der Waals surface area contributed by atoms with Crippen molar-refractivity contribution in [2.75, 3.05) is 0 Å². The quantitative estimate of drug-likeness (QED) is 0.120. The largest absolute Gasteiger partial charge is 0.256 e. The summed E-state index contributed by atoms with van der Waals surface area (Å²) < 4.78 is 5.00. The van der Waals surface area contributed by atoms with Gasteiger partial charge in [-0.15, -0.1) is 0 Å². The van der Waals surface area contributed by atoms with Crippen molar-refractivity contribution in [3.05, 3.63) is 18.2 Å². The predicted molar refractivity (Wildman–Crippen MR) is 138 cm³/mol. The van der Waals surface area contributed by atoms with Crippen molar-refractivity contribution in [3.8, 4) is 0 Å². The second-order valence-corrected chi connectivity index (χ2v) is 9.82. The van der Waals surface area contributed by atoms with Crippen molar-refractivity contribution >= 4 is 0 Å². The summed E-state index contributed by atoms with van der Waals surface area (Å²) in [7, 11) is 0. The van der Waals surface area contributed by atoms with E-state index in [1.807, 2.05) is 0 Å². The molecule has 0 N–H and O–H groups in total. The van der Waals surface area contributed by atoms with Crippen molar-refractivity contribution in [1.29, 1.82) is 0 Å². The van der Waals surface area contributed by atoms with Crippen LogP contribution in [-0.2, 0) is 19.5 Å². The topological polar surface area (TPSA) is 8.81 Å². The van der Waals surface area contributed by atoms with Gasteiger partial charge in [-0.05, 0) is 25.7 Å². The zero-order valence-electron chi connectivity index (χ0n) is 21.8. The number of hydrogen-bond donors (Lipinski definition) is 0. The molecule has 0 aliphatic heterocycles. The van der Waals surface area contributed by atoms with E-state index in [4.69, 9.17) is 0 Å². The molecule has 2 heteroatoms. The molecule has 1 rings (SSSR count). The number of imidazole rings is 1. The lowest BCUT2D eigenvalue weighted by molar-refractivity contribution is -0.704. The molecule has 0 aliphatic rings. The summed E-state index contributed by atoms with van der Waals surface area (Å²) in [5.74, 6) is 1.52. The van der Waals surface area contributed by atoms with E-state index >= 15 is 0 Å². The first kappa shape index (κ1) is 28.2. The minimum Gasteiger partial charge on any atom is -0.234 e. The lowest BCUT2D eigenvalue weighted by Gasteiger charge is -2.05. The van der Waals surface area contributed by atoms with Crippen molar-refractivity contribution in [1.82, 2.24) is 4.57 Å². The molecular weight excluding hydrogens is 376 g/mol. The van der Waals surface area contributed by atoms with Crippen LogP contribution in [0.1, 0.15) is 155 Å². The molecule has 0 aliphatic carbocycles. The number of nitrogens with zero attached hydrogens (tertiary/aromatic N) is 2. The van der Waals surface area contributed by atoms with Gasteiger partial charge in [0.05, 0.1) is 13.1 Å². The van der Waals surface area contributed by atoms with Gasteiger partial charge in [-0.2, -0.15) is 0 Å². The summed E-state index contributed by atoms with van der Waals surface area (Å²) in [5, 5.41) is 0. The van der Waals surface area contributed by atoms with Crippen LogP contribution in [0.2, 0.25) is 0 Å². The van der Waals surface area contributed by atoms with E-state index in [-0.39, 0.29) is 0 Å². The first-order valence-electron chi connectivity index (χ1n) is 14.4. The Kier molecular flexibility index (Phi) is 19.2. The molecule has 0 saturated heterocycles. The second-order valence-electron chi connectivity index (χ2n) is 9.82. The van der Waals surface area contributed by atoms with Crippen LogP contribution < -0.4 is 4.57 Å². The van der Waals surface area contributed by atoms with Gasteiger partial charge in [0, 0.05) is 6.42 Å². The molecule has 182 valence electrons. The summed E-state index contributed by atoms with van der Waals surface area (Å²) in [4.78, 5) is 0. The van der Waals surface area contributed by atoms with E-state index in [2.05, 4.69) is 42.3 Å². The third-order valence-electron chi connectivity index (χ3n) is 6.91. The number of rotatable bonds is 23. The summed E-state index contributed by atoms with van der Waals surface area (Å²) in [6.07, 6.45) is 34.3. The fourth-order valence-corrected chi connectivity index (χ4v) is 4.85. The van der Waals surface area contributed by atoms with Crippen LogP contribution in [-0.4, -0.2) is 4.57 Å². The Bertz CT molecular complexity index is 491. The van der Waals surface area contributed by atoms with Gasteiger partial charge in [-0.25, -0.2) is 9.13 Å². The predicted octanol–water partition coefficient (Wildman–Crippen LogP) is 9.18. The maximum atomic E-state index is 2.51. The fourth-order valence-electron chi connectivity index (χ4n) is 4.85. The van der Waals surface area contributed by atoms with Gasteiger partial charge < -0.3 is 0 Å². The van der Waals surface area contributed by atoms with Crippen LogP contribution in [0.15, 0.2) is 12.4 Å². The van der Waals surface area contributed by atoms with Gasteiger partial charge in [0.15, 0.2) is 0 Å². The minimum atomic E-state index is 1.15. The molecule has 0 fully saturated rings. The van der Waals surface area contributed by atoms with Gasteiger partial charge in [0.2, 0.25) is 0 Å². The van der Waals surface area contributed by atoms with E-state index in [9.17, 15) is 0 Å². The third kappa shape index (κ3) is 14.8. The molecule has 0 spiro atoms. The van der Waals surface area contributed by atoms with Gasteiger partial charge in [0.1, 0.15) is 12.4 Å². The van der Waals surface area contributed by atoms with E-state index in [0.717, 1.165) is 6.42 Å². The molecule has 0 amide bonds. The standard InChI is InChI=1S/C29H57N2/c1-4-7-9-10-11-12-13-14-15-16-17-18-19-20-21-22-24-26-31-28-27-30(29(31)6-3)25-23-8-5-2/h27-28H,4-26H2,1-3H3/q+1. The monoisotopic (exact) mass is 433 g/mol. The molecule has 1 aromatic rings. The third-order valence-corrected chi connectivity index (χ3v) is 6.91.